The predicted molar refractivity (Wildman–Crippen MR) is 113 cm³/mol. The van der Waals surface area contributed by atoms with Crippen LogP contribution in [-0.4, -0.2) is 33.0 Å². The summed E-state index contributed by atoms with van der Waals surface area (Å²) in [6.07, 6.45) is 0. The van der Waals surface area contributed by atoms with Crippen LogP contribution < -0.4 is 10.1 Å². The molecule has 0 aliphatic carbocycles. The minimum atomic E-state index is -0.307. The summed E-state index contributed by atoms with van der Waals surface area (Å²) in [4.78, 5) is 12.6. The summed E-state index contributed by atoms with van der Waals surface area (Å²) in [5, 5.41) is 12.0. The van der Waals surface area contributed by atoms with Gasteiger partial charge >= 0.3 is 0 Å². The Morgan fingerprint density at radius 2 is 1.96 bits per heavy atom. The molecular formula is C21H24N4O2S. The first-order chi connectivity index (χ1) is 13.5. The number of rotatable bonds is 7. The van der Waals surface area contributed by atoms with Crippen molar-refractivity contribution in [2.24, 2.45) is 0 Å². The minimum Gasteiger partial charge on any atom is -0.497 e. The van der Waals surface area contributed by atoms with Crippen LogP contribution in [0.4, 0.5) is 5.69 Å². The number of carbonyl (C=O) groups excluding carboxylic acids is 1. The summed E-state index contributed by atoms with van der Waals surface area (Å²) < 4.78 is 7.23. The van der Waals surface area contributed by atoms with E-state index >= 15 is 0 Å². The van der Waals surface area contributed by atoms with Gasteiger partial charge in [-0.2, -0.15) is 0 Å². The average molecular weight is 397 g/mol. The van der Waals surface area contributed by atoms with Crippen molar-refractivity contribution in [1.82, 2.24) is 14.8 Å². The molecule has 1 atom stereocenters. The summed E-state index contributed by atoms with van der Waals surface area (Å²) in [5.74, 6) is 1.51. The zero-order chi connectivity index (χ0) is 20.1. The molecule has 0 bridgehead atoms. The van der Waals surface area contributed by atoms with Crippen LogP contribution in [0, 0.1) is 6.92 Å². The fraction of sp³-hybridized carbons (Fsp3) is 0.286. The number of amides is 1. The van der Waals surface area contributed by atoms with Crippen LogP contribution in [0.25, 0.3) is 11.4 Å². The third-order valence-corrected chi connectivity index (χ3v) is 5.40. The molecule has 1 amide bonds. The van der Waals surface area contributed by atoms with Gasteiger partial charge in [0.2, 0.25) is 5.91 Å². The highest BCUT2D eigenvalue weighted by Crippen LogP contribution is 2.28. The summed E-state index contributed by atoms with van der Waals surface area (Å²) in [7, 11) is 1.64. The number of aromatic nitrogens is 3. The van der Waals surface area contributed by atoms with Gasteiger partial charge in [0.25, 0.3) is 0 Å². The molecule has 146 valence electrons. The molecule has 1 aromatic heterocycles. The number of thioether (sulfide) groups is 1. The number of hydrogen-bond donors (Lipinski definition) is 1. The fourth-order valence-corrected chi connectivity index (χ4v) is 3.71. The number of aryl methyl sites for hydroxylation is 1. The van der Waals surface area contributed by atoms with Gasteiger partial charge in [-0.15, -0.1) is 10.2 Å². The normalized spacial score (nSPS) is 11.9. The second-order valence-corrected chi connectivity index (χ2v) is 7.71. The molecule has 6 nitrogen and oxygen atoms in total. The molecule has 0 radical (unpaired) electrons. The molecule has 0 saturated carbocycles. The SMILES string of the molecule is CCn1c(S[C@H](C)C(=O)Nc2cccc(C)c2)nnc1-c1ccc(OC)cc1. The van der Waals surface area contributed by atoms with Crippen LogP contribution in [-0.2, 0) is 11.3 Å². The maximum absolute atomic E-state index is 12.6. The number of carbonyl (C=O) groups is 1. The maximum atomic E-state index is 12.6. The molecule has 0 fully saturated rings. The quantitative estimate of drug-likeness (QED) is 0.600. The standard InChI is InChI=1S/C21H24N4O2S/c1-5-25-19(16-9-11-18(27-4)12-10-16)23-24-21(25)28-15(3)20(26)22-17-8-6-7-14(2)13-17/h6-13,15H,5H2,1-4H3,(H,22,26)/t15-/m1/s1. The van der Waals surface area contributed by atoms with Crippen LogP contribution in [0.1, 0.15) is 19.4 Å². The van der Waals surface area contributed by atoms with Gasteiger partial charge in [-0.1, -0.05) is 23.9 Å². The van der Waals surface area contributed by atoms with Gasteiger partial charge in [0.05, 0.1) is 12.4 Å². The summed E-state index contributed by atoms with van der Waals surface area (Å²) >= 11 is 1.40. The van der Waals surface area contributed by atoms with Crippen LogP contribution in [0.5, 0.6) is 5.75 Å². The van der Waals surface area contributed by atoms with Crippen molar-refractivity contribution < 1.29 is 9.53 Å². The summed E-state index contributed by atoms with van der Waals surface area (Å²) in [5.41, 5.74) is 2.86. The van der Waals surface area contributed by atoms with Crippen molar-refractivity contribution in [1.29, 1.82) is 0 Å². The molecular weight excluding hydrogens is 372 g/mol. The molecule has 0 unspecified atom stereocenters. The zero-order valence-electron chi connectivity index (χ0n) is 16.5. The third kappa shape index (κ3) is 4.54. The largest absolute Gasteiger partial charge is 0.497 e. The lowest BCUT2D eigenvalue weighted by atomic mass is 10.2. The van der Waals surface area contributed by atoms with Gasteiger partial charge in [0.1, 0.15) is 5.75 Å². The number of nitrogens with one attached hydrogen (secondary N) is 1. The molecule has 0 saturated heterocycles. The lowest BCUT2D eigenvalue weighted by Gasteiger charge is -2.13. The Balaban J connectivity index is 1.74. The van der Waals surface area contributed by atoms with E-state index in [2.05, 4.69) is 15.5 Å². The second kappa shape index (κ2) is 8.93. The van der Waals surface area contributed by atoms with Gasteiger partial charge in [-0.25, -0.2) is 0 Å². The number of benzene rings is 2. The molecule has 28 heavy (non-hydrogen) atoms. The van der Waals surface area contributed by atoms with E-state index in [-0.39, 0.29) is 11.2 Å². The number of hydrogen-bond acceptors (Lipinski definition) is 5. The van der Waals surface area contributed by atoms with E-state index < -0.39 is 0 Å². The summed E-state index contributed by atoms with van der Waals surface area (Å²) in [6, 6.07) is 15.5. The average Bonchev–Trinajstić information content (AvgIpc) is 3.10. The first-order valence-electron chi connectivity index (χ1n) is 9.13. The third-order valence-electron chi connectivity index (χ3n) is 4.32. The van der Waals surface area contributed by atoms with Crippen molar-refractivity contribution in [3.8, 4) is 17.1 Å². The van der Waals surface area contributed by atoms with Crippen LogP contribution >= 0.6 is 11.8 Å². The molecule has 3 rings (SSSR count). The molecule has 0 aliphatic rings. The van der Waals surface area contributed by atoms with E-state index in [1.807, 2.05) is 73.9 Å². The molecule has 0 spiro atoms. The molecule has 3 aromatic rings. The number of anilines is 1. The lowest BCUT2D eigenvalue weighted by molar-refractivity contribution is -0.115. The molecule has 1 N–H and O–H groups in total. The highest BCUT2D eigenvalue weighted by molar-refractivity contribution is 8.00. The first-order valence-corrected chi connectivity index (χ1v) is 10.0. The Labute approximate surface area is 169 Å². The van der Waals surface area contributed by atoms with Crippen molar-refractivity contribution in [3.63, 3.8) is 0 Å². The van der Waals surface area contributed by atoms with Gasteiger partial charge in [-0.05, 0) is 62.7 Å². The molecule has 0 aliphatic heterocycles. The van der Waals surface area contributed by atoms with Crippen molar-refractivity contribution >= 4 is 23.4 Å². The van der Waals surface area contributed by atoms with E-state index in [0.29, 0.717) is 6.54 Å². The van der Waals surface area contributed by atoms with Crippen LogP contribution in [0.3, 0.4) is 0 Å². The van der Waals surface area contributed by atoms with Crippen molar-refractivity contribution in [2.75, 3.05) is 12.4 Å². The van der Waals surface area contributed by atoms with Crippen molar-refractivity contribution in [3.05, 3.63) is 54.1 Å². The summed E-state index contributed by atoms with van der Waals surface area (Å²) in [6.45, 7) is 6.62. The number of nitrogens with zero attached hydrogens (tertiary/aromatic N) is 3. The monoisotopic (exact) mass is 396 g/mol. The predicted octanol–water partition coefficient (Wildman–Crippen LogP) is 4.40. The molecule has 1 heterocycles. The first kappa shape index (κ1) is 19.9. The Morgan fingerprint density at radius 1 is 1.21 bits per heavy atom. The highest BCUT2D eigenvalue weighted by Gasteiger charge is 2.20. The lowest BCUT2D eigenvalue weighted by Crippen LogP contribution is -2.23. The zero-order valence-corrected chi connectivity index (χ0v) is 17.3. The highest BCUT2D eigenvalue weighted by atomic mass is 32.2. The van der Waals surface area contributed by atoms with Crippen LogP contribution in [0.2, 0.25) is 0 Å². The maximum Gasteiger partial charge on any atom is 0.237 e. The minimum absolute atomic E-state index is 0.0627. The van der Waals surface area contributed by atoms with Gasteiger partial charge in [-0.3, -0.25) is 4.79 Å². The molecule has 7 heteroatoms. The van der Waals surface area contributed by atoms with E-state index in [1.165, 1.54) is 11.8 Å². The van der Waals surface area contributed by atoms with E-state index in [1.54, 1.807) is 7.11 Å². The van der Waals surface area contributed by atoms with E-state index in [9.17, 15) is 4.79 Å². The topological polar surface area (TPSA) is 69.0 Å². The van der Waals surface area contributed by atoms with Gasteiger partial charge < -0.3 is 14.6 Å². The second-order valence-electron chi connectivity index (χ2n) is 6.40. The Hall–Kier alpha value is -2.80. The Morgan fingerprint density at radius 3 is 2.61 bits per heavy atom. The van der Waals surface area contributed by atoms with E-state index in [4.69, 9.17) is 4.74 Å². The van der Waals surface area contributed by atoms with E-state index in [0.717, 1.165) is 33.5 Å². The number of ether oxygens (including phenoxy) is 1. The smallest absolute Gasteiger partial charge is 0.237 e. The Bertz CT molecular complexity index is 953. The van der Waals surface area contributed by atoms with Crippen molar-refractivity contribution in [2.45, 2.75) is 37.7 Å². The van der Waals surface area contributed by atoms with Gasteiger partial charge in [0.15, 0.2) is 11.0 Å². The van der Waals surface area contributed by atoms with Crippen LogP contribution in [0.15, 0.2) is 53.7 Å². The number of methoxy groups -OCH3 is 1. The molecule has 2 aromatic carbocycles. The van der Waals surface area contributed by atoms with Gasteiger partial charge in [0, 0.05) is 17.8 Å². The Kier molecular flexibility index (Phi) is 6.36. The fourth-order valence-electron chi connectivity index (χ4n) is 2.79.